The third-order valence-electron chi connectivity index (χ3n) is 3.29. The zero-order valence-electron chi connectivity index (χ0n) is 12.1. The molecular weight excluding hydrogens is 224 g/mol. The molecule has 1 aromatic rings. The molecule has 2 nitrogen and oxygen atoms in total. The summed E-state index contributed by atoms with van der Waals surface area (Å²) in [6.45, 7) is 9.12. The van der Waals surface area contributed by atoms with Gasteiger partial charge in [0.1, 0.15) is 5.75 Å². The Labute approximate surface area is 111 Å². The van der Waals surface area contributed by atoms with Gasteiger partial charge in [-0.2, -0.15) is 0 Å². The van der Waals surface area contributed by atoms with E-state index in [0.29, 0.717) is 12.5 Å². The summed E-state index contributed by atoms with van der Waals surface area (Å²) in [4.78, 5) is 0. The zero-order valence-corrected chi connectivity index (χ0v) is 12.1. The minimum atomic E-state index is -0.184. The van der Waals surface area contributed by atoms with Crippen molar-refractivity contribution in [3.05, 3.63) is 29.3 Å². The van der Waals surface area contributed by atoms with E-state index in [1.165, 1.54) is 11.1 Å². The largest absolute Gasteiger partial charge is 0.493 e. The molecule has 1 N–H and O–H groups in total. The molecule has 0 spiro atoms. The lowest BCUT2D eigenvalue weighted by Crippen LogP contribution is -2.07. The third kappa shape index (κ3) is 4.69. The quantitative estimate of drug-likeness (QED) is 0.740. The molecule has 2 heteroatoms. The van der Waals surface area contributed by atoms with Crippen LogP contribution in [0.25, 0.3) is 0 Å². The van der Waals surface area contributed by atoms with Gasteiger partial charge in [0, 0.05) is 0 Å². The molecule has 0 saturated carbocycles. The summed E-state index contributed by atoms with van der Waals surface area (Å²) in [5, 5.41) is 9.47. The number of hydrogen-bond acceptors (Lipinski definition) is 2. The van der Waals surface area contributed by atoms with E-state index in [0.717, 1.165) is 25.0 Å². The molecule has 0 saturated heterocycles. The van der Waals surface area contributed by atoms with Crippen molar-refractivity contribution in [3.63, 3.8) is 0 Å². The van der Waals surface area contributed by atoms with Crippen molar-refractivity contribution in [1.82, 2.24) is 0 Å². The molecule has 1 unspecified atom stereocenters. The van der Waals surface area contributed by atoms with E-state index in [-0.39, 0.29) is 6.10 Å². The third-order valence-corrected chi connectivity index (χ3v) is 3.29. The van der Waals surface area contributed by atoms with Crippen molar-refractivity contribution in [2.24, 2.45) is 0 Å². The van der Waals surface area contributed by atoms with Gasteiger partial charge in [-0.05, 0) is 49.3 Å². The maximum atomic E-state index is 9.47. The average Bonchev–Trinajstić information content (AvgIpc) is 2.35. The number of benzene rings is 1. The second kappa shape index (κ2) is 7.42. The second-order valence-corrected chi connectivity index (χ2v) is 5.23. The van der Waals surface area contributed by atoms with Crippen molar-refractivity contribution in [2.45, 2.75) is 59.0 Å². The van der Waals surface area contributed by atoms with Gasteiger partial charge in [0.05, 0.1) is 12.7 Å². The van der Waals surface area contributed by atoms with Gasteiger partial charge < -0.3 is 9.84 Å². The van der Waals surface area contributed by atoms with Crippen LogP contribution in [0.4, 0.5) is 0 Å². The highest BCUT2D eigenvalue weighted by molar-refractivity contribution is 5.37. The van der Waals surface area contributed by atoms with E-state index < -0.39 is 0 Å². The lowest BCUT2D eigenvalue weighted by atomic mass is 10.0. The SMILES string of the molecule is CCC(O)CCCOc1cc(C(C)C)ccc1C. The number of ether oxygens (including phenoxy) is 1. The summed E-state index contributed by atoms with van der Waals surface area (Å²) in [6, 6.07) is 6.41. The summed E-state index contributed by atoms with van der Waals surface area (Å²) >= 11 is 0. The van der Waals surface area contributed by atoms with Crippen molar-refractivity contribution in [3.8, 4) is 5.75 Å². The summed E-state index contributed by atoms with van der Waals surface area (Å²) in [7, 11) is 0. The smallest absolute Gasteiger partial charge is 0.122 e. The summed E-state index contributed by atoms with van der Waals surface area (Å²) in [6.07, 6.45) is 2.36. The predicted octanol–water partition coefficient (Wildman–Crippen LogP) is 4.05. The van der Waals surface area contributed by atoms with Gasteiger partial charge in [0.15, 0.2) is 0 Å². The standard InChI is InChI=1S/C16H26O2/c1-5-15(17)7-6-10-18-16-11-14(12(2)3)9-8-13(16)4/h8-9,11-12,15,17H,5-7,10H2,1-4H3. The summed E-state index contributed by atoms with van der Waals surface area (Å²) in [5.41, 5.74) is 2.49. The van der Waals surface area contributed by atoms with Crippen molar-refractivity contribution >= 4 is 0 Å². The van der Waals surface area contributed by atoms with E-state index in [1.54, 1.807) is 0 Å². The normalized spacial score (nSPS) is 12.8. The van der Waals surface area contributed by atoms with E-state index in [4.69, 9.17) is 4.74 Å². The highest BCUT2D eigenvalue weighted by atomic mass is 16.5. The van der Waals surface area contributed by atoms with E-state index in [1.807, 2.05) is 6.92 Å². The molecule has 18 heavy (non-hydrogen) atoms. The zero-order chi connectivity index (χ0) is 13.5. The highest BCUT2D eigenvalue weighted by Crippen LogP contribution is 2.24. The minimum absolute atomic E-state index is 0.184. The van der Waals surface area contributed by atoms with Crippen LogP contribution in [0.1, 0.15) is 57.1 Å². The first-order valence-electron chi connectivity index (χ1n) is 6.96. The maximum Gasteiger partial charge on any atom is 0.122 e. The van der Waals surface area contributed by atoms with Crippen LogP contribution in [0.3, 0.4) is 0 Å². The topological polar surface area (TPSA) is 29.5 Å². The molecule has 0 heterocycles. The number of aryl methyl sites for hydroxylation is 1. The monoisotopic (exact) mass is 250 g/mol. The fourth-order valence-electron chi connectivity index (χ4n) is 1.84. The fraction of sp³-hybridized carbons (Fsp3) is 0.625. The molecule has 0 amide bonds. The van der Waals surface area contributed by atoms with Crippen LogP contribution in [-0.2, 0) is 0 Å². The Balaban J connectivity index is 2.48. The van der Waals surface area contributed by atoms with Gasteiger partial charge >= 0.3 is 0 Å². The number of aliphatic hydroxyl groups excluding tert-OH is 1. The van der Waals surface area contributed by atoms with Crippen LogP contribution in [-0.4, -0.2) is 17.8 Å². The van der Waals surface area contributed by atoms with Crippen molar-refractivity contribution < 1.29 is 9.84 Å². The van der Waals surface area contributed by atoms with Gasteiger partial charge in [-0.3, -0.25) is 0 Å². The van der Waals surface area contributed by atoms with Gasteiger partial charge in [-0.1, -0.05) is 32.9 Å². The molecule has 0 aliphatic heterocycles. The second-order valence-electron chi connectivity index (χ2n) is 5.23. The molecule has 0 radical (unpaired) electrons. The molecule has 102 valence electrons. The highest BCUT2D eigenvalue weighted by Gasteiger charge is 2.05. The van der Waals surface area contributed by atoms with Crippen molar-refractivity contribution in [2.75, 3.05) is 6.61 Å². The Kier molecular flexibility index (Phi) is 6.20. The van der Waals surface area contributed by atoms with Gasteiger partial charge in [0.2, 0.25) is 0 Å². The molecule has 0 aliphatic rings. The Morgan fingerprint density at radius 3 is 2.61 bits per heavy atom. The van der Waals surface area contributed by atoms with E-state index >= 15 is 0 Å². The van der Waals surface area contributed by atoms with Crippen LogP contribution in [0.15, 0.2) is 18.2 Å². The predicted molar refractivity (Wildman–Crippen MR) is 76.3 cm³/mol. The first-order valence-corrected chi connectivity index (χ1v) is 6.96. The lowest BCUT2D eigenvalue weighted by molar-refractivity contribution is 0.148. The van der Waals surface area contributed by atoms with Crippen LogP contribution in [0.5, 0.6) is 5.75 Å². The average molecular weight is 250 g/mol. The van der Waals surface area contributed by atoms with Crippen LogP contribution < -0.4 is 4.74 Å². The van der Waals surface area contributed by atoms with Crippen LogP contribution >= 0.6 is 0 Å². The number of rotatable bonds is 7. The molecule has 0 bridgehead atoms. The molecule has 1 atom stereocenters. The Morgan fingerprint density at radius 2 is 2.00 bits per heavy atom. The molecule has 0 fully saturated rings. The van der Waals surface area contributed by atoms with Gasteiger partial charge in [-0.15, -0.1) is 0 Å². The molecule has 1 rings (SSSR count). The Morgan fingerprint density at radius 1 is 1.28 bits per heavy atom. The molecule has 0 aromatic heterocycles. The number of aliphatic hydroxyl groups is 1. The van der Waals surface area contributed by atoms with E-state index in [2.05, 4.69) is 39.0 Å². The molecule has 1 aromatic carbocycles. The maximum absolute atomic E-state index is 9.47. The number of hydrogen-bond donors (Lipinski definition) is 1. The van der Waals surface area contributed by atoms with Crippen LogP contribution in [0, 0.1) is 6.92 Å². The van der Waals surface area contributed by atoms with Gasteiger partial charge in [-0.25, -0.2) is 0 Å². The fourth-order valence-corrected chi connectivity index (χ4v) is 1.84. The molecular formula is C16H26O2. The lowest BCUT2D eigenvalue weighted by Gasteiger charge is -2.13. The minimum Gasteiger partial charge on any atom is -0.493 e. The first-order chi connectivity index (χ1) is 8.54. The Bertz CT molecular complexity index is 358. The summed E-state index contributed by atoms with van der Waals surface area (Å²) in [5.74, 6) is 1.50. The molecule has 0 aliphatic carbocycles. The van der Waals surface area contributed by atoms with E-state index in [9.17, 15) is 5.11 Å². The van der Waals surface area contributed by atoms with Crippen LogP contribution in [0.2, 0.25) is 0 Å². The summed E-state index contributed by atoms with van der Waals surface area (Å²) < 4.78 is 5.81. The van der Waals surface area contributed by atoms with Crippen molar-refractivity contribution in [1.29, 1.82) is 0 Å². The van der Waals surface area contributed by atoms with Gasteiger partial charge in [0.25, 0.3) is 0 Å². The Hall–Kier alpha value is -1.02. The first kappa shape index (κ1) is 15.0.